The maximum Gasteiger partial charge on any atom is 0.194 e. The largest absolute Gasteiger partial charge is 0.350 e. The molecule has 1 unspecified atom stereocenters. The highest BCUT2D eigenvalue weighted by molar-refractivity contribution is 5.23. The summed E-state index contributed by atoms with van der Waals surface area (Å²) in [6.45, 7) is 3.39. The molecule has 0 aromatic heterocycles. The van der Waals surface area contributed by atoms with Gasteiger partial charge < -0.3 is 14.8 Å². The smallest absolute Gasteiger partial charge is 0.194 e. The number of nitrogens with one attached hydrogen (secondary N) is 1. The molecule has 1 aromatic carbocycles. The van der Waals surface area contributed by atoms with Gasteiger partial charge in [0, 0.05) is 18.0 Å². The second kappa shape index (κ2) is 6.36. The van der Waals surface area contributed by atoms with E-state index in [0.29, 0.717) is 26.2 Å². The van der Waals surface area contributed by atoms with Crippen molar-refractivity contribution in [1.29, 1.82) is 0 Å². The van der Waals surface area contributed by atoms with Gasteiger partial charge in [-0.25, -0.2) is 13.2 Å². The summed E-state index contributed by atoms with van der Waals surface area (Å²) in [7, 11) is 0. The summed E-state index contributed by atoms with van der Waals surface area (Å²) in [6, 6.07) is 1.69. The van der Waals surface area contributed by atoms with Crippen molar-refractivity contribution in [1.82, 2.24) is 5.32 Å². The van der Waals surface area contributed by atoms with Crippen LogP contribution in [0, 0.1) is 17.5 Å². The fraction of sp³-hybridized carbons (Fsp3) is 0.538. The molecule has 1 atom stereocenters. The molecule has 1 aromatic rings. The summed E-state index contributed by atoms with van der Waals surface area (Å²) in [5.74, 6) is -3.80. The minimum atomic E-state index is -1.45. The van der Waals surface area contributed by atoms with Gasteiger partial charge in [-0.05, 0) is 12.6 Å². The van der Waals surface area contributed by atoms with Gasteiger partial charge in [0.2, 0.25) is 0 Å². The molecule has 0 aliphatic carbocycles. The number of ether oxygens (including phenoxy) is 2. The highest BCUT2D eigenvalue weighted by Gasteiger charge is 2.26. The van der Waals surface area contributed by atoms with E-state index >= 15 is 0 Å². The molecule has 0 saturated carbocycles. The van der Waals surface area contributed by atoms with E-state index in [1.165, 1.54) is 6.07 Å². The van der Waals surface area contributed by atoms with Crippen molar-refractivity contribution < 1.29 is 22.6 Å². The van der Waals surface area contributed by atoms with Crippen LogP contribution in [-0.4, -0.2) is 26.0 Å². The quantitative estimate of drug-likeness (QED) is 0.838. The van der Waals surface area contributed by atoms with Crippen molar-refractivity contribution in [2.24, 2.45) is 0 Å². The first-order valence-electron chi connectivity index (χ1n) is 6.23. The predicted octanol–water partition coefficient (Wildman–Crippen LogP) is 2.52. The van der Waals surface area contributed by atoms with Crippen LogP contribution in [0.15, 0.2) is 12.1 Å². The van der Waals surface area contributed by atoms with Crippen molar-refractivity contribution in [3.8, 4) is 0 Å². The molecule has 1 aliphatic rings. The molecule has 6 heteroatoms. The Morgan fingerprint density at radius 1 is 1.21 bits per heavy atom. The Kier molecular flexibility index (Phi) is 4.79. The first-order chi connectivity index (χ1) is 9.13. The van der Waals surface area contributed by atoms with Crippen molar-refractivity contribution in [2.45, 2.75) is 25.7 Å². The molecule has 0 bridgehead atoms. The third-order valence-electron chi connectivity index (χ3n) is 3.01. The van der Waals surface area contributed by atoms with Gasteiger partial charge >= 0.3 is 0 Å². The van der Waals surface area contributed by atoms with Gasteiger partial charge in [0.25, 0.3) is 0 Å². The number of halogens is 3. The number of benzene rings is 1. The van der Waals surface area contributed by atoms with Crippen molar-refractivity contribution in [3.05, 3.63) is 35.1 Å². The zero-order valence-corrected chi connectivity index (χ0v) is 10.6. The average Bonchev–Trinajstić information content (AvgIpc) is 2.89. The van der Waals surface area contributed by atoms with E-state index in [1.807, 2.05) is 6.92 Å². The van der Waals surface area contributed by atoms with Crippen molar-refractivity contribution in [3.63, 3.8) is 0 Å². The van der Waals surface area contributed by atoms with Gasteiger partial charge in [-0.15, -0.1) is 0 Å². The zero-order chi connectivity index (χ0) is 13.8. The van der Waals surface area contributed by atoms with E-state index in [4.69, 9.17) is 9.47 Å². The molecule has 1 fully saturated rings. The van der Waals surface area contributed by atoms with Crippen LogP contribution < -0.4 is 5.32 Å². The minimum Gasteiger partial charge on any atom is -0.350 e. The normalized spacial score (nSPS) is 17.9. The molecule has 2 rings (SSSR count). The highest BCUT2D eigenvalue weighted by Crippen LogP contribution is 2.26. The average molecular weight is 275 g/mol. The number of hydrogen-bond acceptors (Lipinski definition) is 3. The molecule has 1 saturated heterocycles. The fourth-order valence-electron chi connectivity index (χ4n) is 2.11. The van der Waals surface area contributed by atoms with Crippen LogP contribution in [0.2, 0.25) is 0 Å². The Balaban J connectivity index is 2.20. The summed E-state index contributed by atoms with van der Waals surface area (Å²) >= 11 is 0. The fourth-order valence-corrected chi connectivity index (χ4v) is 2.11. The Morgan fingerprint density at radius 2 is 1.89 bits per heavy atom. The second-order valence-electron chi connectivity index (χ2n) is 4.28. The van der Waals surface area contributed by atoms with Crippen LogP contribution in [0.25, 0.3) is 0 Å². The van der Waals surface area contributed by atoms with Crippen LogP contribution in [0.1, 0.15) is 24.9 Å². The zero-order valence-electron chi connectivity index (χ0n) is 10.6. The standard InChI is InChI=1S/C13H16F3NO2/c1-2-17-10(7-11-18-5-6-19-11)8-3-4-9(14)13(16)12(8)15/h3-4,10-11,17H,2,5-7H2,1H3. The molecule has 19 heavy (non-hydrogen) atoms. The van der Waals surface area contributed by atoms with Crippen LogP contribution in [0.4, 0.5) is 13.2 Å². The highest BCUT2D eigenvalue weighted by atomic mass is 19.2. The van der Waals surface area contributed by atoms with Gasteiger partial charge in [-0.3, -0.25) is 0 Å². The summed E-state index contributed by atoms with van der Waals surface area (Å²) in [5.41, 5.74) is 0.0832. The monoisotopic (exact) mass is 275 g/mol. The molecule has 1 heterocycles. The minimum absolute atomic E-state index is 0.0832. The summed E-state index contributed by atoms with van der Waals surface area (Å²) in [4.78, 5) is 0. The lowest BCUT2D eigenvalue weighted by Gasteiger charge is -2.21. The third-order valence-corrected chi connectivity index (χ3v) is 3.01. The van der Waals surface area contributed by atoms with E-state index in [0.717, 1.165) is 6.07 Å². The first kappa shape index (κ1) is 14.3. The lowest BCUT2D eigenvalue weighted by atomic mass is 10.0. The molecule has 0 amide bonds. The van der Waals surface area contributed by atoms with E-state index in [2.05, 4.69) is 5.32 Å². The molecule has 1 N–H and O–H groups in total. The summed E-state index contributed by atoms with van der Waals surface area (Å²) < 4.78 is 50.6. The Morgan fingerprint density at radius 3 is 2.53 bits per heavy atom. The van der Waals surface area contributed by atoms with Gasteiger partial charge in [-0.1, -0.05) is 13.0 Å². The lowest BCUT2D eigenvalue weighted by molar-refractivity contribution is -0.0531. The number of rotatable bonds is 5. The molecule has 0 radical (unpaired) electrons. The van der Waals surface area contributed by atoms with E-state index in [-0.39, 0.29) is 5.56 Å². The Labute approximate surface area is 109 Å². The molecule has 1 aliphatic heterocycles. The van der Waals surface area contributed by atoms with Gasteiger partial charge in [0.1, 0.15) is 0 Å². The summed E-state index contributed by atoms with van der Waals surface area (Å²) in [5, 5.41) is 3.02. The van der Waals surface area contributed by atoms with E-state index in [1.54, 1.807) is 0 Å². The van der Waals surface area contributed by atoms with E-state index < -0.39 is 29.8 Å². The SMILES string of the molecule is CCNC(CC1OCCO1)c1ccc(F)c(F)c1F. The van der Waals surface area contributed by atoms with Gasteiger partial charge in [0.15, 0.2) is 23.7 Å². The van der Waals surface area contributed by atoms with Crippen molar-refractivity contribution in [2.75, 3.05) is 19.8 Å². The molecular formula is C13H16F3NO2. The first-order valence-corrected chi connectivity index (χ1v) is 6.23. The Bertz CT molecular complexity index is 436. The van der Waals surface area contributed by atoms with Crippen LogP contribution >= 0.6 is 0 Å². The third kappa shape index (κ3) is 3.26. The molecule has 106 valence electrons. The maximum absolute atomic E-state index is 13.8. The maximum atomic E-state index is 13.8. The van der Waals surface area contributed by atoms with Gasteiger partial charge in [-0.2, -0.15) is 0 Å². The van der Waals surface area contributed by atoms with Gasteiger partial charge in [0.05, 0.1) is 13.2 Å². The van der Waals surface area contributed by atoms with Crippen molar-refractivity contribution >= 4 is 0 Å². The second-order valence-corrected chi connectivity index (χ2v) is 4.28. The predicted molar refractivity (Wildman–Crippen MR) is 63.0 cm³/mol. The molecule has 3 nitrogen and oxygen atoms in total. The van der Waals surface area contributed by atoms with Crippen LogP contribution in [0.3, 0.4) is 0 Å². The molecular weight excluding hydrogens is 259 g/mol. The van der Waals surface area contributed by atoms with Crippen LogP contribution in [-0.2, 0) is 9.47 Å². The topological polar surface area (TPSA) is 30.5 Å². The van der Waals surface area contributed by atoms with E-state index in [9.17, 15) is 13.2 Å². The lowest BCUT2D eigenvalue weighted by Crippen LogP contribution is -2.27. The molecule has 0 spiro atoms. The Hall–Kier alpha value is -1.11. The number of hydrogen-bond donors (Lipinski definition) is 1. The van der Waals surface area contributed by atoms with Crippen LogP contribution in [0.5, 0.6) is 0 Å². The summed E-state index contributed by atoms with van der Waals surface area (Å²) in [6.07, 6.45) is -0.105.